The molecule has 1 saturated heterocycles. The molecule has 0 atom stereocenters. The van der Waals surface area contributed by atoms with Crippen LogP contribution in [0.5, 0.6) is 0 Å². The first-order valence-corrected chi connectivity index (χ1v) is 6.77. The molecule has 2 heterocycles. The van der Waals surface area contributed by atoms with Gasteiger partial charge in [-0.25, -0.2) is 4.39 Å². The van der Waals surface area contributed by atoms with Crippen LogP contribution in [0, 0.1) is 0 Å². The maximum Gasteiger partial charge on any atom is 0.234 e. The summed E-state index contributed by atoms with van der Waals surface area (Å²) in [5.41, 5.74) is 0. The summed E-state index contributed by atoms with van der Waals surface area (Å²) in [6.07, 6.45) is 0.427. The molecule has 0 saturated carbocycles. The molecule has 0 bridgehead atoms. The second kappa shape index (κ2) is 6.12. The zero-order chi connectivity index (χ0) is 12.1. The second-order valence-electron chi connectivity index (χ2n) is 4.31. The van der Waals surface area contributed by atoms with Crippen LogP contribution in [0.2, 0.25) is 0 Å². The molecule has 1 aromatic rings. The Morgan fingerprint density at radius 2 is 2.29 bits per heavy atom. The first-order valence-electron chi connectivity index (χ1n) is 5.89. The van der Waals surface area contributed by atoms with Gasteiger partial charge in [-0.3, -0.25) is 9.69 Å². The lowest BCUT2D eigenvalue weighted by Crippen LogP contribution is -2.41. The summed E-state index contributed by atoms with van der Waals surface area (Å²) in [5, 5.41) is 4.87. The zero-order valence-corrected chi connectivity index (χ0v) is 10.5. The average Bonchev–Trinajstić information content (AvgIpc) is 2.83. The van der Waals surface area contributed by atoms with Gasteiger partial charge in [0.1, 0.15) is 6.17 Å². The largest absolute Gasteiger partial charge is 0.350 e. The van der Waals surface area contributed by atoms with E-state index < -0.39 is 6.17 Å². The summed E-state index contributed by atoms with van der Waals surface area (Å²) >= 11 is 1.63. The number of rotatable bonds is 4. The summed E-state index contributed by atoms with van der Waals surface area (Å²) < 4.78 is 12.9. The normalized spacial score (nSPS) is 18.2. The van der Waals surface area contributed by atoms with E-state index in [1.165, 1.54) is 0 Å². The smallest absolute Gasteiger partial charge is 0.234 e. The van der Waals surface area contributed by atoms with Crippen LogP contribution < -0.4 is 5.32 Å². The Morgan fingerprint density at radius 3 is 2.94 bits per heavy atom. The highest BCUT2D eigenvalue weighted by Crippen LogP contribution is 2.12. The van der Waals surface area contributed by atoms with Crippen LogP contribution in [0.1, 0.15) is 17.7 Å². The van der Waals surface area contributed by atoms with Crippen molar-refractivity contribution in [2.75, 3.05) is 19.6 Å². The number of halogens is 1. The molecule has 1 N–H and O–H groups in total. The predicted molar refractivity (Wildman–Crippen MR) is 66.7 cm³/mol. The number of carbonyl (C=O) groups excluding carboxylic acids is 1. The third-order valence-electron chi connectivity index (χ3n) is 2.92. The standard InChI is InChI=1S/C12H17FN2OS/c13-10-3-5-15(6-4-10)9-12(16)14-8-11-2-1-7-17-11/h1-2,7,10H,3-6,8-9H2,(H,14,16). The maximum atomic E-state index is 12.9. The molecule has 0 spiro atoms. The van der Waals surface area contributed by atoms with Crippen molar-refractivity contribution in [2.24, 2.45) is 0 Å². The third kappa shape index (κ3) is 4.09. The van der Waals surface area contributed by atoms with Crippen LogP contribution in [0.4, 0.5) is 4.39 Å². The summed E-state index contributed by atoms with van der Waals surface area (Å²) in [4.78, 5) is 14.8. The number of likely N-dealkylation sites (tertiary alicyclic amines) is 1. The molecule has 1 aliphatic heterocycles. The van der Waals surface area contributed by atoms with Crippen molar-refractivity contribution in [1.29, 1.82) is 0 Å². The molecule has 5 heteroatoms. The van der Waals surface area contributed by atoms with Crippen molar-refractivity contribution in [2.45, 2.75) is 25.6 Å². The van der Waals surface area contributed by atoms with E-state index in [4.69, 9.17) is 0 Å². The number of piperidine rings is 1. The molecule has 94 valence electrons. The van der Waals surface area contributed by atoms with E-state index in [1.807, 2.05) is 22.4 Å². The number of carbonyl (C=O) groups is 1. The Kier molecular flexibility index (Phi) is 4.50. The van der Waals surface area contributed by atoms with E-state index in [-0.39, 0.29) is 5.91 Å². The van der Waals surface area contributed by atoms with Crippen molar-refractivity contribution in [3.8, 4) is 0 Å². The topological polar surface area (TPSA) is 32.3 Å². The average molecular weight is 256 g/mol. The number of hydrogen-bond donors (Lipinski definition) is 1. The van der Waals surface area contributed by atoms with Gasteiger partial charge in [0.05, 0.1) is 13.1 Å². The number of hydrogen-bond acceptors (Lipinski definition) is 3. The van der Waals surface area contributed by atoms with Gasteiger partial charge in [0, 0.05) is 18.0 Å². The van der Waals surface area contributed by atoms with E-state index in [0.29, 0.717) is 39.0 Å². The lowest BCUT2D eigenvalue weighted by atomic mass is 10.1. The van der Waals surface area contributed by atoms with Crippen molar-refractivity contribution in [1.82, 2.24) is 10.2 Å². The molecule has 17 heavy (non-hydrogen) atoms. The molecule has 1 amide bonds. The Morgan fingerprint density at radius 1 is 1.53 bits per heavy atom. The van der Waals surface area contributed by atoms with Gasteiger partial charge in [0.25, 0.3) is 0 Å². The lowest BCUT2D eigenvalue weighted by molar-refractivity contribution is -0.122. The minimum atomic E-state index is -0.680. The highest BCUT2D eigenvalue weighted by molar-refractivity contribution is 7.09. The first kappa shape index (κ1) is 12.5. The minimum absolute atomic E-state index is 0.0238. The fourth-order valence-electron chi connectivity index (χ4n) is 1.92. The van der Waals surface area contributed by atoms with E-state index >= 15 is 0 Å². The number of nitrogens with one attached hydrogen (secondary N) is 1. The third-order valence-corrected chi connectivity index (χ3v) is 3.80. The van der Waals surface area contributed by atoms with Gasteiger partial charge in [-0.05, 0) is 24.3 Å². The van der Waals surface area contributed by atoms with Gasteiger partial charge in [-0.2, -0.15) is 0 Å². The van der Waals surface area contributed by atoms with Crippen LogP contribution in [-0.4, -0.2) is 36.6 Å². The molecular formula is C12H17FN2OS. The van der Waals surface area contributed by atoms with E-state index in [9.17, 15) is 9.18 Å². The van der Waals surface area contributed by atoms with Gasteiger partial charge >= 0.3 is 0 Å². The van der Waals surface area contributed by atoms with Gasteiger partial charge in [-0.15, -0.1) is 11.3 Å². The maximum absolute atomic E-state index is 12.9. The van der Waals surface area contributed by atoms with Crippen LogP contribution in [0.15, 0.2) is 17.5 Å². The van der Waals surface area contributed by atoms with E-state index in [1.54, 1.807) is 11.3 Å². The van der Waals surface area contributed by atoms with Crippen LogP contribution in [0.3, 0.4) is 0 Å². The van der Waals surface area contributed by atoms with Gasteiger partial charge < -0.3 is 5.32 Å². The van der Waals surface area contributed by atoms with Crippen LogP contribution in [0.25, 0.3) is 0 Å². The molecule has 3 nitrogen and oxygen atoms in total. The highest BCUT2D eigenvalue weighted by atomic mass is 32.1. The molecule has 1 aromatic heterocycles. The minimum Gasteiger partial charge on any atom is -0.350 e. The van der Waals surface area contributed by atoms with Gasteiger partial charge in [0.2, 0.25) is 5.91 Å². The van der Waals surface area contributed by atoms with Crippen LogP contribution >= 0.6 is 11.3 Å². The number of nitrogens with zero attached hydrogens (tertiary/aromatic N) is 1. The zero-order valence-electron chi connectivity index (χ0n) is 9.69. The number of thiophene rings is 1. The summed E-state index contributed by atoms with van der Waals surface area (Å²) in [7, 11) is 0. The lowest BCUT2D eigenvalue weighted by Gasteiger charge is -2.27. The summed E-state index contributed by atoms with van der Waals surface area (Å²) in [6, 6.07) is 3.97. The molecular weight excluding hydrogens is 239 g/mol. The molecule has 0 radical (unpaired) electrons. The van der Waals surface area contributed by atoms with Gasteiger partial charge in [-0.1, -0.05) is 6.07 Å². The van der Waals surface area contributed by atoms with Crippen molar-refractivity contribution >= 4 is 17.2 Å². The predicted octanol–water partition coefficient (Wildman–Crippen LogP) is 1.80. The fraction of sp³-hybridized carbons (Fsp3) is 0.583. The number of amides is 1. The highest BCUT2D eigenvalue weighted by Gasteiger charge is 2.19. The Hall–Kier alpha value is -0.940. The SMILES string of the molecule is O=C(CN1CCC(F)CC1)NCc1cccs1. The molecule has 1 fully saturated rings. The first-order chi connectivity index (χ1) is 8.24. The molecule has 1 aliphatic rings. The van der Waals surface area contributed by atoms with Gasteiger partial charge in [0.15, 0.2) is 0 Å². The monoisotopic (exact) mass is 256 g/mol. The molecule has 0 aromatic carbocycles. The number of alkyl halides is 1. The Labute approximate surface area is 105 Å². The quantitative estimate of drug-likeness (QED) is 0.891. The van der Waals surface area contributed by atoms with E-state index in [2.05, 4.69) is 5.32 Å². The summed E-state index contributed by atoms with van der Waals surface area (Å²) in [5.74, 6) is 0.0238. The molecule has 2 rings (SSSR count). The van der Waals surface area contributed by atoms with E-state index in [0.717, 1.165) is 4.88 Å². The van der Waals surface area contributed by atoms with Crippen LogP contribution in [-0.2, 0) is 11.3 Å². The van der Waals surface area contributed by atoms with Crippen molar-refractivity contribution in [3.05, 3.63) is 22.4 Å². The Balaban J connectivity index is 1.67. The molecule has 0 aliphatic carbocycles. The Bertz CT molecular complexity index is 347. The van der Waals surface area contributed by atoms with Crippen molar-refractivity contribution in [3.63, 3.8) is 0 Å². The molecule has 0 unspecified atom stereocenters. The van der Waals surface area contributed by atoms with Crippen molar-refractivity contribution < 1.29 is 9.18 Å². The fourth-order valence-corrected chi connectivity index (χ4v) is 2.56. The second-order valence-corrected chi connectivity index (χ2v) is 5.34. The summed E-state index contributed by atoms with van der Waals surface area (Å²) in [6.45, 7) is 2.36.